The van der Waals surface area contributed by atoms with Crippen LogP contribution in [0.25, 0.3) is 0 Å². The summed E-state index contributed by atoms with van der Waals surface area (Å²) >= 11 is 0. The molecule has 0 aliphatic heterocycles. The Morgan fingerprint density at radius 2 is 2.33 bits per heavy atom. The molecule has 1 radical (unpaired) electrons. The van der Waals surface area contributed by atoms with E-state index >= 15 is 0 Å². The van der Waals surface area contributed by atoms with Crippen molar-refractivity contribution in [2.75, 3.05) is 0 Å². The number of hydrogen-bond donors (Lipinski definition) is 0. The normalized spacial score (nSPS) is 24.3. The van der Waals surface area contributed by atoms with Gasteiger partial charge >= 0.3 is 0 Å². The lowest BCUT2D eigenvalue weighted by Crippen LogP contribution is -1.69. The molecular weight excluding hydrogens is 72.1 g/mol. The average molecular weight is 80.1 g/mol. The van der Waals surface area contributed by atoms with Crippen LogP contribution in [0.5, 0.6) is 0 Å². The fourth-order valence-corrected chi connectivity index (χ4v) is 0.406. The molecule has 1 rings (SSSR count). The van der Waals surface area contributed by atoms with Crippen LogP contribution in [0.15, 0.2) is 24.3 Å². The second-order valence-corrected chi connectivity index (χ2v) is 1.20. The zero-order valence-corrected chi connectivity index (χ0v) is 3.52. The number of hydrogen-bond acceptors (Lipinski definition) is 0. The molecule has 0 fully saturated rings. The van der Waals surface area contributed by atoms with Gasteiger partial charge in [0.25, 0.3) is 0 Å². The van der Waals surface area contributed by atoms with Crippen LogP contribution in [-0.4, -0.2) is 0 Å². The highest BCUT2D eigenvalue weighted by Crippen LogP contribution is 1.96. The van der Waals surface area contributed by atoms with Gasteiger partial charge in [0, 0.05) is 1.37 Å². The molecule has 0 bridgehead atoms. The minimum Gasteiger partial charge on any atom is -0.0839 e. The van der Waals surface area contributed by atoms with Gasteiger partial charge in [-0.25, -0.2) is 0 Å². The summed E-state index contributed by atoms with van der Waals surface area (Å²) < 4.78 is 7.05. The van der Waals surface area contributed by atoms with Gasteiger partial charge < -0.3 is 0 Å². The monoisotopic (exact) mass is 80.1 g/mol. The molecule has 1 aliphatic carbocycles. The predicted octanol–water partition coefficient (Wildman–Crippen LogP) is 1.71. The zero-order chi connectivity index (χ0) is 5.11. The van der Waals surface area contributed by atoms with Crippen molar-refractivity contribution >= 4 is 0 Å². The summed E-state index contributed by atoms with van der Waals surface area (Å²) in [6.07, 6.45) is 9.12. The number of allylic oxidation sites excluding steroid dienone is 4. The van der Waals surface area contributed by atoms with Gasteiger partial charge in [-0.2, -0.15) is 0 Å². The van der Waals surface area contributed by atoms with Gasteiger partial charge in [-0.15, -0.1) is 0 Å². The van der Waals surface area contributed by atoms with Crippen molar-refractivity contribution in [1.82, 2.24) is 0 Å². The summed E-state index contributed by atoms with van der Waals surface area (Å²) in [6, 6.07) is 0. The van der Waals surface area contributed by atoms with Gasteiger partial charge in [0.2, 0.25) is 0 Å². The molecule has 0 aromatic carbocycles. The molecule has 0 atom stereocenters. The van der Waals surface area contributed by atoms with E-state index in [1.807, 2.05) is 18.2 Å². The van der Waals surface area contributed by atoms with Crippen molar-refractivity contribution in [2.45, 2.75) is 6.42 Å². The molecule has 1 aliphatic rings. The number of rotatable bonds is 0. The maximum Gasteiger partial charge on any atom is 0.0355 e. The maximum absolute atomic E-state index is 7.05. The van der Waals surface area contributed by atoms with Crippen LogP contribution in [0.2, 0.25) is 0 Å². The molecule has 6 heavy (non-hydrogen) atoms. The van der Waals surface area contributed by atoms with E-state index < -0.39 is 0 Å². The maximum atomic E-state index is 7.05. The van der Waals surface area contributed by atoms with Crippen LogP contribution in [0.4, 0.5) is 0 Å². The Morgan fingerprint density at radius 3 is 2.67 bits per heavy atom. The van der Waals surface area contributed by atoms with Gasteiger partial charge in [0.15, 0.2) is 0 Å². The van der Waals surface area contributed by atoms with Crippen LogP contribution in [0.3, 0.4) is 0 Å². The SMILES string of the molecule is [2H][C]1C=CC=CC1. The van der Waals surface area contributed by atoms with Crippen LogP contribution >= 0.6 is 0 Å². The quantitative estimate of drug-likeness (QED) is 0.415. The molecule has 0 saturated carbocycles. The van der Waals surface area contributed by atoms with E-state index in [0.29, 0.717) is 6.40 Å². The molecule has 0 N–H and O–H groups in total. The molecule has 31 valence electrons. The minimum absolute atomic E-state index is 0.697. The zero-order valence-electron chi connectivity index (χ0n) is 4.52. The summed E-state index contributed by atoms with van der Waals surface area (Å²) in [7, 11) is 0. The summed E-state index contributed by atoms with van der Waals surface area (Å²) in [6.45, 7) is 0. The third-order valence-corrected chi connectivity index (χ3v) is 0.697. The largest absolute Gasteiger partial charge is 0.0839 e. The minimum atomic E-state index is 0.697. The summed E-state index contributed by atoms with van der Waals surface area (Å²) in [5, 5.41) is 0. The molecule has 0 heteroatoms. The lowest BCUT2D eigenvalue weighted by molar-refractivity contribution is 1.27. The van der Waals surface area contributed by atoms with E-state index in [0.717, 1.165) is 6.42 Å². The second kappa shape index (κ2) is 1.81. The molecule has 0 unspecified atom stereocenters. The second-order valence-electron chi connectivity index (χ2n) is 1.20. The highest BCUT2D eigenvalue weighted by Gasteiger charge is 1.78. The third-order valence-electron chi connectivity index (χ3n) is 0.697. The molecule has 0 saturated heterocycles. The smallest absolute Gasteiger partial charge is 0.0355 e. The van der Waals surface area contributed by atoms with Crippen LogP contribution in [-0.2, 0) is 0 Å². The predicted molar refractivity (Wildman–Crippen MR) is 27.2 cm³/mol. The first kappa shape index (κ1) is 2.62. The van der Waals surface area contributed by atoms with Gasteiger partial charge in [-0.1, -0.05) is 24.3 Å². The highest BCUT2D eigenvalue weighted by atomic mass is 13.8. The van der Waals surface area contributed by atoms with E-state index in [-0.39, 0.29) is 0 Å². The van der Waals surface area contributed by atoms with Gasteiger partial charge in [0.1, 0.15) is 0 Å². The Kier molecular flexibility index (Phi) is 0.789. The van der Waals surface area contributed by atoms with Crippen molar-refractivity contribution < 1.29 is 1.37 Å². The third kappa shape index (κ3) is 0.713. The van der Waals surface area contributed by atoms with Gasteiger partial charge in [-0.3, -0.25) is 0 Å². The van der Waals surface area contributed by atoms with Crippen LogP contribution in [0, 0.1) is 6.40 Å². The molecule has 0 aromatic rings. The fourth-order valence-electron chi connectivity index (χ4n) is 0.406. The van der Waals surface area contributed by atoms with E-state index in [2.05, 4.69) is 0 Å². The Morgan fingerprint density at radius 1 is 1.33 bits per heavy atom. The average Bonchev–Trinajstić information content (AvgIpc) is 1.69. The molecule has 0 amide bonds. The standard InChI is InChI=1S/C6H7/c1-2-4-6-5-3-1/h1-5H,6H2/i4D. The Labute approximate surface area is 39.6 Å². The van der Waals surface area contributed by atoms with E-state index in [1.54, 1.807) is 6.08 Å². The van der Waals surface area contributed by atoms with Crippen molar-refractivity contribution in [3.63, 3.8) is 0 Å². The Hall–Kier alpha value is -0.520. The van der Waals surface area contributed by atoms with E-state index in [4.69, 9.17) is 1.37 Å². The van der Waals surface area contributed by atoms with Crippen molar-refractivity contribution in [1.29, 1.82) is 0 Å². The first-order valence-corrected chi connectivity index (χ1v) is 2.05. The first-order valence-electron chi connectivity index (χ1n) is 2.55. The van der Waals surface area contributed by atoms with Crippen LogP contribution in [0.1, 0.15) is 7.79 Å². The van der Waals surface area contributed by atoms with E-state index in [1.165, 1.54) is 0 Å². The molecule has 0 spiro atoms. The van der Waals surface area contributed by atoms with Gasteiger partial charge in [0.05, 0.1) is 0 Å². The molecule has 0 heterocycles. The van der Waals surface area contributed by atoms with Gasteiger partial charge in [-0.05, 0) is 12.8 Å². The van der Waals surface area contributed by atoms with Crippen LogP contribution < -0.4 is 0 Å². The summed E-state index contributed by atoms with van der Waals surface area (Å²) in [5.41, 5.74) is 0. The Bertz CT molecular complexity index is 103. The summed E-state index contributed by atoms with van der Waals surface area (Å²) in [5.74, 6) is 0. The van der Waals surface area contributed by atoms with Crippen molar-refractivity contribution in [2.24, 2.45) is 0 Å². The molecular formula is C6H7. The van der Waals surface area contributed by atoms with Crippen molar-refractivity contribution in [3.8, 4) is 0 Å². The van der Waals surface area contributed by atoms with Crippen molar-refractivity contribution in [3.05, 3.63) is 30.7 Å². The topological polar surface area (TPSA) is 0 Å². The highest BCUT2D eigenvalue weighted by molar-refractivity contribution is 5.14. The Balaban J connectivity index is 2.49. The molecule has 0 aromatic heterocycles. The summed E-state index contributed by atoms with van der Waals surface area (Å²) in [4.78, 5) is 0. The molecule has 0 nitrogen and oxygen atoms in total. The van der Waals surface area contributed by atoms with E-state index in [9.17, 15) is 0 Å². The lowest BCUT2D eigenvalue weighted by Gasteiger charge is -1.87. The first-order chi connectivity index (χ1) is 3.39. The lowest BCUT2D eigenvalue weighted by atomic mass is 10.2. The fraction of sp³-hybridized carbons (Fsp3) is 0.167.